The molecule has 3 amide bonds. The number of benzene rings is 2. The van der Waals surface area contributed by atoms with E-state index in [4.69, 9.17) is 11.6 Å². The second kappa shape index (κ2) is 8.83. The quantitative estimate of drug-likeness (QED) is 0.842. The number of nitrogens with zero attached hydrogens (tertiary/aromatic N) is 2. The summed E-state index contributed by atoms with van der Waals surface area (Å²) in [6, 6.07) is 12.7. The highest BCUT2D eigenvalue weighted by Gasteiger charge is 2.21. The predicted molar refractivity (Wildman–Crippen MR) is 104 cm³/mol. The minimum absolute atomic E-state index is 0.0242. The lowest BCUT2D eigenvalue weighted by molar-refractivity contribution is -0.121. The van der Waals surface area contributed by atoms with E-state index in [0.29, 0.717) is 18.1 Å². The van der Waals surface area contributed by atoms with Gasteiger partial charge >= 0.3 is 6.03 Å². The zero-order valence-electron chi connectivity index (χ0n) is 14.6. The van der Waals surface area contributed by atoms with Crippen LogP contribution in [0.15, 0.2) is 48.5 Å². The van der Waals surface area contributed by atoms with Gasteiger partial charge < -0.3 is 10.2 Å². The van der Waals surface area contributed by atoms with E-state index in [9.17, 15) is 14.0 Å². The summed E-state index contributed by atoms with van der Waals surface area (Å²) >= 11 is 6.22. The van der Waals surface area contributed by atoms with Gasteiger partial charge in [0.05, 0.1) is 22.9 Å². The maximum Gasteiger partial charge on any atom is 0.326 e. The van der Waals surface area contributed by atoms with E-state index >= 15 is 0 Å². The molecule has 0 unspecified atom stereocenters. The number of hydrogen-bond acceptors (Lipinski definition) is 4. The first-order chi connectivity index (χ1) is 13.0. The van der Waals surface area contributed by atoms with Crippen molar-refractivity contribution in [2.75, 3.05) is 42.9 Å². The summed E-state index contributed by atoms with van der Waals surface area (Å²) in [6.45, 7) is 2.92. The number of halogens is 2. The minimum atomic E-state index is -0.750. The van der Waals surface area contributed by atoms with Crippen molar-refractivity contribution in [1.82, 2.24) is 10.2 Å². The van der Waals surface area contributed by atoms with Crippen molar-refractivity contribution in [1.29, 1.82) is 0 Å². The smallest absolute Gasteiger partial charge is 0.326 e. The van der Waals surface area contributed by atoms with E-state index < -0.39 is 17.8 Å². The van der Waals surface area contributed by atoms with Crippen LogP contribution >= 0.6 is 11.6 Å². The molecule has 1 saturated heterocycles. The molecular formula is C19H20ClFN4O2. The summed E-state index contributed by atoms with van der Waals surface area (Å²) in [5.41, 5.74) is 1.00. The van der Waals surface area contributed by atoms with Crippen LogP contribution in [0.4, 0.5) is 20.6 Å². The number of nitrogens with one attached hydrogen (secondary N) is 2. The van der Waals surface area contributed by atoms with Crippen LogP contribution in [0, 0.1) is 5.82 Å². The zero-order chi connectivity index (χ0) is 19.2. The van der Waals surface area contributed by atoms with Gasteiger partial charge in [0.1, 0.15) is 5.82 Å². The fourth-order valence-corrected chi connectivity index (χ4v) is 3.20. The number of para-hydroxylation sites is 2. The van der Waals surface area contributed by atoms with Gasteiger partial charge in [0.15, 0.2) is 0 Å². The second-order valence-electron chi connectivity index (χ2n) is 6.20. The van der Waals surface area contributed by atoms with Gasteiger partial charge in [-0.1, -0.05) is 35.9 Å². The Morgan fingerprint density at radius 2 is 1.67 bits per heavy atom. The molecule has 1 aliphatic rings. The maximum atomic E-state index is 13.5. The van der Waals surface area contributed by atoms with Crippen LogP contribution in [0.25, 0.3) is 0 Å². The molecule has 6 nitrogen and oxygen atoms in total. The van der Waals surface area contributed by atoms with Crippen LogP contribution in [0.2, 0.25) is 5.02 Å². The topological polar surface area (TPSA) is 64.7 Å². The van der Waals surface area contributed by atoms with Gasteiger partial charge in [0.25, 0.3) is 0 Å². The first-order valence-electron chi connectivity index (χ1n) is 8.60. The van der Waals surface area contributed by atoms with Crippen molar-refractivity contribution in [3.05, 3.63) is 59.4 Å². The van der Waals surface area contributed by atoms with Gasteiger partial charge in [-0.3, -0.25) is 15.0 Å². The molecule has 1 fully saturated rings. The lowest BCUT2D eigenvalue weighted by Crippen LogP contribution is -2.50. The van der Waals surface area contributed by atoms with Gasteiger partial charge in [-0.25, -0.2) is 9.18 Å². The average molecular weight is 391 g/mol. The third kappa shape index (κ3) is 5.18. The molecule has 0 atom stereocenters. The average Bonchev–Trinajstić information content (AvgIpc) is 2.65. The van der Waals surface area contributed by atoms with Gasteiger partial charge in [-0.05, 0) is 24.3 Å². The summed E-state index contributed by atoms with van der Waals surface area (Å²) in [6.07, 6.45) is 0. The Hall–Kier alpha value is -2.64. The third-order valence-corrected chi connectivity index (χ3v) is 4.63. The number of amides is 3. The fourth-order valence-electron chi connectivity index (χ4n) is 2.94. The van der Waals surface area contributed by atoms with E-state index in [2.05, 4.69) is 15.5 Å². The molecule has 142 valence electrons. The van der Waals surface area contributed by atoms with Crippen LogP contribution in [0.3, 0.4) is 0 Å². The normalized spacial score (nSPS) is 14.7. The van der Waals surface area contributed by atoms with Crippen LogP contribution in [-0.4, -0.2) is 49.6 Å². The van der Waals surface area contributed by atoms with Crippen molar-refractivity contribution in [3.63, 3.8) is 0 Å². The zero-order valence-corrected chi connectivity index (χ0v) is 15.4. The third-order valence-electron chi connectivity index (χ3n) is 4.31. The monoisotopic (exact) mass is 390 g/mol. The van der Waals surface area contributed by atoms with Crippen LogP contribution < -0.4 is 15.5 Å². The molecule has 0 aromatic heterocycles. The number of rotatable bonds is 4. The van der Waals surface area contributed by atoms with Crippen LogP contribution in [0.5, 0.6) is 0 Å². The van der Waals surface area contributed by atoms with Crippen LogP contribution in [0.1, 0.15) is 0 Å². The van der Waals surface area contributed by atoms with Gasteiger partial charge in [0, 0.05) is 26.2 Å². The molecule has 0 radical (unpaired) electrons. The van der Waals surface area contributed by atoms with Crippen molar-refractivity contribution in [3.8, 4) is 0 Å². The standard InChI is InChI=1S/C19H20ClFN4O2/c20-14-5-1-4-8-17(14)25-11-9-24(10-12-25)13-18(26)23-19(27)22-16-7-3-2-6-15(16)21/h1-8H,9-13H2,(H2,22,23,26,27). The van der Waals surface area contributed by atoms with Gasteiger partial charge in [0.2, 0.25) is 5.91 Å². The molecule has 2 N–H and O–H groups in total. The van der Waals surface area contributed by atoms with E-state index in [1.807, 2.05) is 29.2 Å². The first-order valence-corrected chi connectivity index (χ1v) is 8.98. The number of anilines is 2. The van der Waals surface area contributed by atoms with E-state index in [1.165, 1.54) is 18.2 Å². The molecule has 0 spiro atoms. The number of carbonyl (C=O) groups is 2. The second-order valence-corrected chi connectivity index (χ2v) is 6.60. The fraction of sp³-hybridized carbons (Fsp3) is 0.263. The van der Waals surface area contributed by atoms with Crippen molar-refractivity contribution < 1.29 is 14.0 Å². The first kappa shape index (κ1) is 19.1. The number of urea groups is 1. The molecule has 8 heteroatoms. The maximum absolute atomic E-state index is 13.5. The molecule has 0 aliphatic carbocycles. The Morgan fingerprint density at radius 3 is 2.37 bits per heavy atom. The highest BCUT2D eigenvalue weighted by molar-refractivity contribution is 6.33. The largest absolute Gasteiger partial charge is 0.368 e. The van der Waals surface area contributed by atoms with Gasteiger partial charge in [-0.2, -0.15) is 0 Å². The highest BCUT2D eigenvalue weighted by atomic mass is 35.5. The number of hydrogen-bond donors (Lipinski definition) is 2. The summed E-state index contributed by atoms with van der Waals surface area (Å²) in [5.74, 6) is -0.995. The number of imide groups is 1. The van der Waals surface area contributed by atoms with E-state index in [-0.39, 0.29) is 12.2 Å². The lowest BCUT2D eigenvalue weighted by Gasteiger charge is -2.36. The summed E-state index contributed by atoms with van der Waals surface area (Å²) in [5, 5.41) is 5.25. The van der Waals surface area contributed by atoms with Crippen molar-refractivity contribution >= 4 is 34.9 Å². The molecule has 1 heterocycles. The molecule has 2 aromatic carbocycles. The van der Waals surface area contributed by atoms with Gasteiger partial charge in [-0.15, -0.1) is 0 Å². The SMILES string of the molecule is O=C(CN1CCN(c2ccccc2Cl)CC1)NC(=O)Nc1ccccc1F. The van der Waals surface area contributed by atoms with Crippen molar-refractivity contribution in [2.45, 2.75) is 0 Å². The molecule has 1 aliphatic heterocycles. The molecule has 0 bridgehead atoms. The molecule has 27 heavy (non-hydrogen) atoms. The molecule has 2 aromatic rings. The number of carbonyl (C=O) groups excluding carboxylic acids is 2. The molecular weight excluding hydrogens is 371 g/mol. The Morgan fingerprint density at radius 1 is 1.00 bits per heavy atom. The van der Waals surface area contributed by atoms with Crippen molar-refractivity contribution in [2.24, 2.45) is 0 Å². The Balaban J connectivity index is 1.45. The lowest BCUT2D eigenvalue weighted by atomic mass is 10.2. The highest BCUT2D eigenvalue weighted by Crippen LogP contribution is 2.25. The van der Waals surface area contributed by atoms with Crippen LogP contribution in [-0.2, 0) is 4.79 Å². The van der Waals surface area contributed by atoms with E-state index in [1.54, 1.807) is 6.07 Å². The predicted octanol–water partition coefficient (Wildman–Crippen LogP) is 2.95. The number of piperazine rings is 1. The Bertz CT molecular complexity index is 825. The molecule has 3 rings (SSSR count). The summed E-state index contributed by atoms with van der Waals surface area (Å²) < 4.78 is 13.5. The molecule has 0 saturated carbocycles. The summed E-state index contributed by atoms with van der Waals surface area (Å²) in [7, 11) is 0. The Kier molecular flexibility index (Phi) is 6.26. The van der Waals surface area contributed by atoms with E-state index in [0.717, 1.165) is 18.8 Å². The summed E-state index contributed by atoms with van der Waals surface area (Å²) in [4.78, 5) is 28.0. The minimum Gasteiger partial charge on any atom is -0.368 e. The Labute approximate surface area is 161 Å².